The fourth-order valence-electron chi connectivity index (χ4n) is 4.12. The normalized spacial score (nSPS) is 23.6. The Bertz CT molecular complexity index is 718. The Morgan fingerprint density at radius 1 is 1.41 bits per heavy atom. The topological polar surface area (TPSA) is 90.8 Å². The van der Waals surface area contributed by atoms with Crippen LogP contribution in [0.4, 0.5) is 4.79 Å². The molecule has 2 aliphatic heterocycles. The molecule has 1 N–H and O–H groups in total. The van der Waals surface area contributed by atoms with Crippen LogP contribution in [0.15, 0.2) is 12.4 Å². The molecule has 0 unspecified atom stereocenters. The average Bonchev–Trinajstić information content (AvgIpc) is 3.19. The van der Waals surface area contributed by atoms with Crippen LogP contribution in [0.25, 0.3) is 0 Å². The monoisotopic (exact) mass is 376 g/mol. The number of piperidine rings is 1. The van der Waals surface area contributed by atoms with E-state index in [-0.39, 0.29) is 30.9 Å². The Hall–Kier alpha value is -2.42. The van der Waals surface area contributed by atoms with Gasteiger partial charge in [0.15, 0.2) is 0 Å². The number of urea groups is 1. The van der Waals surface area contributed by atoms with Crippen molar-refractivity contribution in [3.05, 3.63) is 18.0 Å². The summed E-state index contributed by atoms with van der Waals surface area (Å²) in [6.45, 7) is 4.63. The van der Waals surface area contributed by atoms with Gasteiger partial charge in [-0.2, -0.15) is 5.10 Å². The minimum absolute atomic E-state index is 0.0518. The highest BCUT2D eigenvalue weighted by atomic mass is 16.2. The van der Waals surface area contributed by atoms with E-state index in [1.807, 2.05) is 24.1 Å². The van der Waals surface area contributed by atoms with Gasteiger partial charge in [0.05, 0.1) is 6.20 Å². The zero-order chi connectivity index (χ0) is 19.6. The second-order valence-electron chi connectivity index (χ2n) is 7.41. The molecule has 0 saturated carbocycles. The third-order valence-corrected chi connectivity index (χ3v) is 5.46. The number of carbonyl (C=O) groups is 3. The van der Waals surface area contributed by atoms with E-state index in [2.05, 4.69) is 22.2 Å². The van der Waals surface area contributed by atoms with Gasteiger partial charge in [0.1, 0.15) is 13.1 Å². The largest absolute Gasteiger partial charge is 0.344 e. The van der Waals surface area contributed by atoms with E-state index >= 15 is 0 Å². The average molecular weight is 376 g/mol. The number of hydrogen-bond acceptors (Lipinski definition) is 5. The van der Waals surface area contributed by atoms with Gasteiger partial charge < -0.3 is 9.80 Å². The van der Waals surface area contributed by atoms with Gasteiger partial charge in [-0.1, -0.05) is 6.92 Å². The van der Waals surface area contributed by atoms with Crippen molar-refractivity contribution in [3.63, 3.8) is 0 Å². The second kappa shape index (κ2) is 8.08. The highest BCUT2D eigenvalue weighted by molar-refractivity contribution is 6.03. The lowest BCUT2D eigenvalue weighted by Crippen LogP contribution is -2.46. The summed E-state index contributed by atoms with van der Waals surface area (Å²) in [6.07, 6.45) is 6.10. The molecule has 2 aliphatic rings. The van der Waals surface area contributed by atoms with Gasteiger partial charge in [-0.25, -0.2) is 4.79 Å². The molecule has 148 valence electrons. The van der Waals surface area contributed by atoms with Crippen molar-refractivity contribution < 1.29 is 14.4 Å². The fourth-order valence-corrected chi connectivity index (χ4v) is 4.12. The van der Waals surface area contributed by atoms with E-state index in [4.69, 9.17) is 0 Å². The van der Waals surface area contributed by atoms with Gasteiger partial charge >= 0.3 is 6.03 Å². The Morgan fingerprint density at radius 3 is 2.78 bits per heavy atom. The van der Waals surface area contributed by atoms with E-state index in [1.165, 1.54) is 10.5 Å². The van der Waals surface area contributed by atoms with E-state index in [9.17, 15) is 14.4 Å². The molecule has 9 nitrogen and oxygen atoms in total. The summed E-state index contributed by atoms with van der Waals surface area (Å²) < 4.78 is 1.81. The van der Waals surface area contributed by atoms with Crippen LogP contribution in [0, 0.1) is 5.92 Å². The zero-order valence-corrected chi connectivity index (χ0v) is 16.2. The quantitative estimate of drug-likeness (QED) is 0.717. The maximum Gasteiger partial charge on any atom is 0.325 e. The maximum atomic E-state index is 12.6. The molecule has 0 bridgehead atoms. The summed E-state index contributed by atoms with van der Waals surface area (Å²) in [5.41, 5.74) is 1.18. The maximum absolute atomic E-state index is 12.6. The number of amides is 4. The standard InChI is InChI=1S/C18H28N6O3/c1-4-23-7-5-6-13(17(23)14-8-19-22(3)10-14)9-21(2)16(26)12-24-11-15(25)20-18(24)27/h8,10,13,17H,4-7,9,11-12H2,1-3H3,(H,20,25,27)/t13-,17+/m0/s1. The summed E-state index contributed by atoms with van der Waals surface area (Å²) in [7, 11) is 3.68. The SMILES string of the molecule is CCN1CCC[C@@H](CN(C)C(=O)CN2CC(=O)NC2=O)[C@@H]1c1cnn(C)c1. The minimum atomic E-state index is -0.496. The highest BCUT2D eigenvalue weighted by Crippen LogP contribution is 2.36. The molecule has 1 aromatic rings. The van der Waals surface area contributed by atoms with Crippen molar-refractivity contribution in [2.45, 2.75) is 25.8 Å². The van der Waals surface area contributed by atoms with Gasteiger partial charge in [-0.3, -0.25) is 24.5 Å². The van der Waals surface area contributed by atoms with Crippen LogP contribution >= 0.6 is 0 Å². The number of carbonyl (C=O) groups excluding carboxylic acids is 3. The van der Waals surface area contributed by atoms with Gasteiger partial charge in [0.25, 0.3) is 0 Å². The lowest BCUT2D eigenvalue weighted by Gasteiger charge is -2.42. The van der Waals surface area contributed by atoms with Crippen LogP contribution in [-0.4, -0.2) is 82.1 Å². The predicted molar refractivity (Wildman–Crippen MR) is 98.7 cm³/mol. The first-order valence-electron chi connectivity index (χ1n) is 9.44. The van der Waals surface area contributed by atoms with Crippen LogP contribution in [0.1, 0.15) is 31.4 Å². The smallest absolute Gasteiger partial charge is 0.325 e. The number of aryl methyl sites for hydroxylation is 1. The Morgan fingerprint density at radius 2 is 2.19 bits per heavy atom. The first kappa shape index (κ1) is 19.3. The molecule has 2 saturated heterocycles. The Labute approximate surface area is 159 Å². The van der Waals surface area contributed by atoms with Gasteiger partial charge in [0.2, 0.25) is 11.8 Å². The molecule has 9 heteroatoms. The highest BCUT2D eigenvalue weighted by Gasteiger charge is 2.35. The molecule has 0 aliphatic carbocycles. The van der Waals surface area contributed by atoms with Crippen molar-refractivity contribution in [1.82, 2.24) is 29.8 Å². The van der Waals surface area contributed by atoms with Crippen LogP contribution in [0.2, 0.25) is 0 Å². The molecule has 2 fully saturated rings. The zero-order valence-electron chi connectivity index (χ0n) is 16.2. The Kier molecular flexibility index (Phi) is 5.79. The molecule has 0 aromatic carbocycles. The number of hydrogen-bond donors (Lipinski definition) is 1. The number of aromatic nitrogens is 2. The van der Waals surface area contributed by atoms with Crippen LogP contribution in [0.5, 0.6) is 0 Å². The lowest BCUT2D eigenvalue weighted by atomic mass is 9.85. The number of rotatable bonds is 6. The second-order valence-corrected chi connectivity index (χ2v) is 7.41. The number of nitrogens with zero attached hydrogens (tertiary/aromatic N) is 5. The number of nitrogens with one attached hydrogen (secondary N) is 1. The van der Waals surface area contributed by atoms with E-state index < -0.39 is 6.03 Å². The number of likely N-dealkylation sites (tertiary alicyclic amines) is 1. The summed E-state index contributed by atoms with van der Waals surface area (Å²) in [5.74, 6) is -0.220. The fraction of sp³-hybridized carbons (Fsp3) is 0.667. The molecule has 4 amide bonds. The van der Waals surface area contributed by atoms with E-state index in [0.717, 1.165) is 25.9 Å². The van der Waals surface area contributed by atoms with Gasteiger partial charge in [-0.05, 0) is 31.8 Å². The van der Waals surface area contributed by atoms with Crippen molar-refractivity contribution >= 4 is 17.8 Å². The predicted octanol–water partition coefficient (Wildman–Crippen LogP) is 0.203. The molecule has 3 heterocycles. The van der Waals surface area contributed by atoms with Crippen molar-refractivity contribution in [1.29, 1.82) is 0 Å². The van der Waals surface area contributed by atoms with Crippen LogP contribution in [-0.2, 0) is 16.6 Å². The van der Waals surface area contributed by atoms with Gasteiger partial charge in [0, 0.05) is 38.4 Å². The molecule has 1 aromatic heterocycles. The molecule has 2 atom stereocenters. The third-order valence-electron chi connectivity index (χ3n) is 5.46. The molecular formula is C18H28N6O3. The third kappa shape index (κ3) is 4.29. The van der Waals surface area contributed by atoms with Gasteiger partial charge in [-0.15, -0.1) is 0 Å². The summed E-state index contributed by atoms with van der Waals surface area (Å²) in [6, 6.07) is -0.269. The molecular weight excluding hydrogens is 348 g/mol. The van der Waals surface area contributed by atoms with Crippen molar-refractivity contribution in [2.24, 2.45) is 13.0 Å². The van der Waals surface area contributed by atoms with Crippen LogP contribution in [0.3, 0.4) is 0 Å². The van der Waals surface area contributed by atoms with Crippen LogP contribution < -0.4 is 5.32 Å². The summed E-state index contributed by atoms with van der Waals surface area (Å²) in [4.78, 5) is 40.9. The van der Waals surface area contributed by atoms with Crippen molar-refractivity contribution in [3.8, 4) is 0 Å². The minimum Gasteiger partial charge on any atom is -0.344 e. The van der Waals surface area contributed by atoms with Crippen molar-refractivity contribution in [2.75, 3.05) is 39.8 Å². The first-order valence-corrected chi connectivity index (χ1v) is 9.44. The van der Waals surface area contributed by atoms with E-state index in [0.29, 0.717) is 12.5 Å². The van der Waals surface area contributed by atoms with E-state index in [1.54, 1.807) is 11.9 Å². The first-order chi connectivity index (χ1) is 12.9. The Balaban J connectivity index is 1.67. The number of imide groups is 1. The molecule has 3 rings (SSSR count). The summed E-state index contributed by atoms with van der Waals surface area (Å²) in [5, 5.41) is 6.52. The lowest BCUT2D eigenvalue weighted by molar-refractivity contribution is -0.131. The number of likely N-dealkylation sites (N-methyl/N-ethyl adjacent to an activating group) is 1. The molecule has 0 spiro atoms. The molecule has 27 heavy (non-hydrogen) atoms. The molecule has 0 radical (unpaired) electrons. The summed E-state index contributed by atoms with van der Waals surface area (Å²) >= 11 is 0.